The molecule has 0 aromatic carbocycles. The van der Waals surface area contributed by atoms with Crippen LogP contribution < -0.4 is 5.32 Å². The van der Waals surface area contributed by atoms with Crippen molar-refractivity contribution in [1.29, 1.82) is 0 Å². The summed E-state index contributed by atoms with van der Waals surface area (Å²) in [5.74, 6) is 1.56. The molecule has 0 atom stereocenters. The fraction of sp³-hybridized carbons (Fsp3) is 0.600. The summed E-state index contributed by atoms with van der Waals surface area (Å²) < 4.78 is 5.43. The van der Waals surface area contributed by atoms with Gasteiger partial charge in [0.1, 0.15) is 12.4 Å². The lowest BCUT2D eigenvalue weighted by molar-refractivity contribution is 0.0612. The quantitative estimate of drug-likeness (QED) is 0.795. The van der Waals surface area contributed by atoms with Crippen LogP contribution in [0.15, 0.2) is 6.07 Å². The second kappa shape index (κ2) is 4.91. The highest BCUT2D eigenvalue weighted by Crippen LogP contribution is 2.06. The van der Waals surface area contributed by atoms with E-state index in [1.54, 1.807) is 0 Å². The molecule has 0 aliphatic heterocycles. The van der Waals surface area contributed by atoms with Crippen molar-refractivity contribution < 1.29 is 4.74 Å². The lowest BCUT2D eigenvalue weighted by atomic mass is 10.4. The molecule has 0 amide bonds. The number of aromatic nitrogens is 2. The van der Waals surface area contributed by atoms with Gasteiger partial charge in [-0.05, 0) is 20.8 Å². The molecule has 1 rings (SSSR count). The van der Waals surface area contributed by atoms with Gasteiger partial charge in [0.25, 0.3) is 0 Å². The van der Waals surface area contributed by atoms with Gasteiger partial charge in [0.2, 0.25) is 0 Å². The molecule has 0 fully saturated rings. The van der Waals surface area contributed by atoms with Crippen molar-refractivity contribution in [3.8, 4) is 0 Å². The van der Waals surface area contributed by atoms with Gasteiger partial charge in [0.05, 0.1) is 6.10 Å². The normalized spacial score (nSPS) is 10.6. The van der Waals surface area contributed by atoms with Crippen LogP contribution in [0.2, 0.25) is 0 Å². The molecule has 1 N–H and O–H groups in total. The van der Waals surface area contributed by atoms with E-state index in [0.717, 1.165) is 17.3 Å². The van der Waals surface area contributed by atoms with E-state index in [4.69, 9.17) is 4.74 Å². The van der Waals surface area contributed by atoms with Crippen LogP contribution in [0.1, 0.15) is 25.4 Å². The molecule has 1 heterocycles. The topological polar surface area (TPSA) is 47.0 Å². The van der Waals surface area contributed by atoms with Crippen LogP contribution in [0.4, 0.5) is 5.82 Å². The molecule has 0 aliphatic rings. The van der Waals surface area contributed by atoms with Crippen molar-refractivity contribution in [3.05, 3.63) is 17.6 Å². The van der Waals surface area contributed by atoms with Gasteiger partial charge in [-0.2, -0.15) is 0 Å². The van der Waals surface area contributed by atoms with Gasteiger partial charge in [0.15, 0.2) is 5.82 Å². The molecule has 0 unspecified atom stereocenters. The maximum Gasteiger partial charge on any atom is 0.156 e. The summed E-state index contributed by atoms with van der Waals surface area (Å²) in [7, 11) is 1.84. The minimum atomic E-state index is 0.206. The van der Waals surface area contributed by atoms with Crippen LogP contribution in [-0.4, -0.2) is 23.1 Å². The third kappa shape index (κ3) is 3.30. The highest BCUT2D eigenvalue weighted by molar-refractivity contribution is 5.34. The lowest BCUT2D eigenvalue weighted by Crippen LogP contribution is -2.07. The predicted octanol–water partition coefficient (Wildman–Crippen LogP) is 1.75. The first kappa shape index (κ1) is 10.9. The van der Waals surface area contributed by atoms with Crippen molar-refractivity contribution >= 4 is 5.82 Å². The molecule has 0 saturated carbocycles. The minimum absolute atomic E-state index is 0.206. The zero-order valence-electron chi connectivity index (χ0n) is 9.16. The Morgan fingerprint density at radius 3 is 2.71 bits per heavy atom. The summed E-state index contributed by atoms with van der Waals surface area (Å²) in [6, 6.07) is 1.90. The first-order chi connectivity index (χ1) is 6.61. The minimum Gasteiger partial charge on any atom is -0.373 e. The Morgan fingerprint density at radius 1 is 1.43 bits per heavy atom. The Hall–Kier alpha value is -1.16. The van der Waals surface area contributed by atoms with E-state index in [1.165, 1.54) is 0 Å². The summed E-state index contributed by atoms with van der Waals surface area (Å²) in [4.78, 5) is 8.55. The number of aryl methyl sites for hydroxylation is 1. The number of hydrogen-bond donors (Lipinski definition) is 1. The van der Waals surface area contributed by atoms with Crippen LogP contribution >= 0.6 is 0 Å². The number of nitrogens with zero attached hydrogens (tertiary/aromatic N) is 2. The highest BCUT2D eigenvalue weighted by Gasteiger charge is 2.02. The summed E-state index contributed by atoms with van der Waals surface area (Å²) in [6.45, 7) is 6.40. The Kier molecular flexibility index (Phi) is 3.83. The molecule has 0 saturated heterocycles. The first-order valence-corrected chi connectivity index (χ1v) is 4.75. The van der Waals surface area contributed by atoms with Crippen LogP contribution in [0.5, 0.6) is 0 Å². The van der Waals surface area contributed by atoms with Gasteiger partial charge in [-0.25, -0.2) is 9.97 Å². The zero-order valence-corrected chi connectivity index (χ0v) is 9.16. The monoisotopic (exact) mass is 195 g/mol. The Balaban J connectivity index is 2.71. The molecule has 4 nitrogen and oxygen atoms in total. The van der Waals surface area contributed by atoms with Gasteiger partial charge >= 0.3 is 0 Å². The Labute approximate surface area is 84.7 Å². The third-order valence-electron chi connectivity index (χ3n) is 1.70. The van der Waals surface area contributed by atoms with E-state index in [1.807, 2.05) is 33.9 Å². The maximum atomic E-state index is 5.43. The van der Waals surface area contributed by atoms with Gasteiger partial charge in [-0.15, -0.1) is 0 Å². The van der Waals surface area contributed by atoms with Crippen LogP contribution in [0.3, 0.4) is 0 Å². The molecule has 1 aromatic rings. The van der Waals surface area contributed by atoms with Crippen molar-refractivity contribution in [2.24, 2.45) is 0 Å². The van der Waals surface area contributed by atoms with Crippen molar-refractivity contribution in [2.45, 2.75) is 33.5 Å². The number of anilines is 1. The first-order valence-electron chi connectivity index (χ1n) is 4.75. The second-order valence-electron chi connectivity index (χ2n) is 3.42. The number of ether oxygens (including phenoxy) is 1. The maximum absolute atomic E-state index is 5.43. The van der Waals surface area contributed by atoms with Crippen LogP contribution in [0.25, 0.3) is 0 Å². The van der Waals surface area contributed by atoms with Crippen LogP contribution in [-0.2, 0) is 11.3 Å². The predicted molar refractivity (Wildman–Crippen MR) is 56.2 cm³/mol. The molecule has 0 spiro atoms. The Morgan fingerprint density at radius 2 is 2.14 bits per heavy atom. The number of rotatable bonds is 4. The molecule has 0 bridgehead atoms. The molecule has 1 aromatic heterocycles. The summed E-state index contributed by atoms with van der Waals surface area (Å²) >= 11 is 0. The summed E-state index contributed by atoms with van der Waals surface area (Å²) in [6.07, 6.45) is 0.206. The average Bonchev–Trinajstić information content (AvgIpc) is 2.14. The number of nitrogens with one attached hydrogen (secondary N) is 1. The van der Waals surface area contributed by atoms with E-state index < -0.39 is 0 Å². The summed E-state index contributed by atoms with van der Waals surface area (Å²) in [5.41, 5.74) is 0.951. The fourth-order valence-electron chi connectivity index (χ4n) is 1.06. The largest absolute Gasteiger partial charge is 0.373 e. The van der Waals surface area contributed by atoms with E-state index in [0.29, 0.717) is 6.61 Å². The van der Waals surface area contributed by atoms with Crippen molar-refractivity contribution in [2.75, 3.05) is 12.4 Å². The smallest absolute Gasteiger partial charge is 0.156 e. The van der Waals surface area contributed by atoms with Gasteiger partial charge in [-0.3, -0.25) is 0 Å². The molecule has 78 valence electrons. The number of hydrogen-bond acceptors (Lipinski definition) is 4. The average molecular weight is 195 g/mol. The molecular weight excluding hydrogens is 178 g/mol. The summed E-state index contributed by atoms with van der Waals surface area (Å²) in [5, 5.41) is 2.99. The van der Waals surface area contributed by atoms with E-state index in [9.17, 15) is 0 Å². The van der Waals surface area contributed by atoms with E-state index in [2.05, 4.69) is 15.3 Å². The third-order valence-corrected chi connectivity index (χ3v) is 1.70. The standard InChI is InChI=1S/C10H17N3O/c1-7(2)14-6-10-12-8(3)5-9(11-4)13-10/h5,7H,6H2,1-4H3,(H,11,12,13). The molecule has 0 radical (unpaired) electrons. The fourth-order valence-corrected chi connectivity index (χ4v) is 1.06. The molecule has 0 aliphatic carbocycles. The van der Waals surface area contributed by atoms with Crippen molar-refractivity contribution in [1.82, 2.24) is 9.97 Å². The van der Waals surface area contributed by atoms with Gasteiger partial charge in [0, 0.05) is 18.8 Å². The van der Waals surface area contributed by atoms with Crippen LogP contribution in [0, 0.1) is 6.92 Å². The van der Waals surface area contributed by atoms with Crippen molar-refractivity contribution in [3.63, 3.8) is 0 Å². The molecule has 4 heteroatoms. The van der Waals surface area contributed by atoms with Gasteiger partial charge in [-0.1, -0.05) is 0 Å². The molecular formula is C10H17N3O. The zero-order chi connectivity index (χ0) is 10.6. The lowest BCUT2D eigenvalue weighted by Gasteiger charge is -2.08. The molecule has 14 heavy (non-hydrogen) atoms. The van der Waals surface area contributed by atoms with E-state index >= 15 is 0 Å². The van der Waals surface area contributed by atoms with Gasteiger partial charge < -0.3 is 10.1 Å². The Bertz CT molecular complexity index is 299. The van der Waals surface area contributed by atoms with E-state index in [-0.39, 0.29) is 6.10 Å². The highest BCUT2D eigenvalue weighted by atomic mass is 16.5. The SMILES string of the molecule is CNc1cc(C)nc(COC(C)C)n1. The second-order valence-corrected chi connectivity index (χ2v) is 3.42.